The molecule has 0 aliphatic carbocycles. The Hall–Kier alpha value is -3.53. The number of aryl methyl sites for hydroxylation is 1. The standard InChI is InChI=1S/C25H27N3O4/c1-6-17-20-19(21-22(28-17)14(3)12-27-23(21)30-7-2)16-9-8-15(11-26)10-18(16)31-13-25(4,5)32-24(20)29/h8-10,12,19,28H,6-7,13H2,1-5H3. The van der Waals surface area contributed by atoms with Gasteiger partial charge in [-0.05, 0) is 51.8 Å². The molecule has 2 aliphatic heterocycles. The van der Waals surface area contributed by atoms with Crippen LogP contribution < -0.4 is 14.8 Å². The molecule has 0 amide bonds. The van der Waals surface area contributed by atoms with E-state index in [1.165, 1.54) is 0 Å². The fourth-order valence-corrected chi connectivity index (χ4v) is 4.22. The number of esters is 1. The molecule has 166 valence electrons. The number of hydrogen-bond acceptors (Lipinski definition) is 7. The molecule has 1 atom stereocenters. The first-order chi connectivity index (χ1) is 15.3. The van der Waals surface area contributed by atoms with Crippen LogP contribution in [-0.2, 0) is 9.53 Å². The number of nitrogens with zero attached hydrogens (tertiary/aromatic N) is 2. The van der Waals surface area contributed by atoms with E-state index >= 15 is 0 Å². The van der Waals surface area contributed by atoms with Crippen LogP contribution in [-0.4, -0.2) is 29.8 Å². The molecular formula is C25H27N3O4. The number of nitriles is 1. The lowest BCUT2D eigenvalue weighted by Crippen LogP contribution is -2.36. The van der Waals surface area contributed by atoms with Crippen LogP contribution in [0.2, 0.25) is 0 Å². The Balaban J connectivity index is 2.08. The van der Waals surface area contributed by atoms with Gasteiger partial charge in [-0.25, -0.2) is 9.78 Å². The van der Waals surface area contributed by atoms with E-state index in [9.17, 15) is 10.1 Å². The van der Waals surface area contributed by atoms with E-state index in [2.05, 4.69) is 16.4 Å². The number of aromatic nitrogens is 1. The van der Waals surface area contributed by atoms with Gasteiger partial charge in [0.25, 0.3) is 0 Å². The molecule has 1 aromatic heterocycles. The van der Waals surface area contributed by atoms with E-state index in [4.69, 9.17) is 14.2 Å². The lowest BCUT2D eigenvalue weighted by molar-refractivity contribution is -0.154. The highest BCUT2D eigenvalue weighted by molar-refractivity contribution is 5.96. The summed E-state index contributed by atoms with van der Waals surface area (Å²) in [4.78, 5) is 18.1. The molecule has 0 bridgehead atoms. The van der Waals surface area contributed by atoms with Crippen molar-refractivity contribution < 1.29 is 19.0 Å². The van der Waals surface area contributed by atoms with E-state index in [1.807, 2.05) is 40.7 Å². The van der Waals surface area contributed by atoms with E-state index in [1.54, 1.807) is 18.3 Å². The zero-order valence-corrected chi connectivity index (χ0v) is 19.0. The number of carbonyl (C=O) groups is 1. The number of cyclic esters (lactones) is 1. The van der Waals surface area contributed by atoms with Crippen LogP contribution in [0.5, 0.6) is 11.6 Å². The Morgan fingerprint density at radius 2 is 2.12 bits per heavy atom. The predicted molar refractivity (Wildman–Crippen MR) is 120 cm³/mol. The van der Waals surface area contributed by atoms with E-state index in [0.29, 0.717) is 35.8 Å². The monoisotopic (exact) mass is 433 g/mol. The summed E-state index contributed by atoms with van der Waals surface area (Å²) in [6.07, 6.45) is 2.38. The topological polar surface area (TPSA) is 93.5 Å². The minimum absolute atomic E-state index is 0.159. The zero-order chi connectivity index (χ0) is 23.0. The molecule has 2 aliphatic rings. The van der Waals surface area contributed by atoms with Gasteiger partial charge in [-0.2, -0.15) is 5.26 Å². The van der Waals surface area contributed by atoms with Crippen molar-refractivity contribution in [3.05, 3.63) is 57.9 Å². The third-order valence-corrected chi connectivity index (χ3v) is 5.70. The van der Waals surface area contributed by atoms with Gasteiger partial charge in [0.2, 0.25) is 5.88 Å². The summed E-state index contributed by atoms with van der Waals surface area (Å²) in [5, 5.41) is 12.9. The molecular weight excluding hydrogens is 406 g/mol. The summed E-state index contributed by atoms with van der Waals surface area (Å²) in [7, 11) is 0. The molecule has 7 nitrogen and oxygen atoms in total. The van der Waals surface area contributed by atoms with Crippen LogP contribution in [0.3, 0.4) is 0 Å². The van der Waals surface area contributed by atoms with Crippen molar-refractivity contribution in [2.45, 2.75) is 52.6 Å². The quantitative estimate of drug-likeness (QED) is 0.707. The summed E-state index contributed by atoms with van der Waals surface area (Å²) in [6, 6.07) is 7.48. The van der Waals surface area contributed by atoms with Gasteiger partial charge >= 0.3 is 5.97 Å². The first-order valence-corrected chi connectivity index (χ1v) is 10.8. The van der Waals surface area contributed by atoms with Crippen LogP contribution in [0.4, 0.5) is 5.69 Å². The average molecular weight is 434 g/mol. The molecule has 32 heavy (non-hydrogen) atoms. The molecule has 1 aromatic carbocycles. The van der Waals surface area contributed by atoms with Gasteiger partial charge in [0, 0.05) is 17.5 Å². The summed E-state index contributed by atoms with van der Waals surface area (Å²) in [5.74, 6) is 0.0871. The highest BCUT2D eigenvalue weighted by Gasteiger charge is 2.42. The van der Waals surface area contributed by atoms with Gasteiger partial charge in [-0.3, -0.25) is 0 Å². The number of allylic oxidation sites excluding steroid dienone is 1. The van der Waals surface area contributed by atoms with Gasteiger partial charge in [0.15, 0.2) is 0 Å². The normalized spacial score (nSPS) is 18.9. The number of pyridine rings is 1. The average Bonchev–Trinajstić information content (AvgIpc) is 2.81. The first kappa shape index (κ1) is 21.7. The lowest BCUT2D eigenvalue weighted by Gasteiger charge is -2.33. The molecule has 0 saturated heterocycles. The molecule has 2 aromatic rings. The van der Waals surface area contributed by atoms with Crippen molar-refractivity contribution in [1.82, 2.24) is 4.98 Å². The van der Waals surface area contributed by atoms with Crippen molar-refractivity contribution in [1.29, 1.82) is 5.26 Å². The number of fused-ring (bicyclic) bond motifs is 5. The summed E-state index contributed by atoms with van der Waals surface area (Å²) >= 11 is 0. The second kappa shape index (κ2) is 8.19. The van der Waals surface area contributed by atoms with Gasteiger partial charge in [-0.15, -0.1) is 0 Å². The fraction of sp³-hybridized carbons (Fsp3) is 0.400. The largest absolute Gasteiger partial charge is 0.489 e. The van der Waals surface area contributed by atoms with Crippen LogP contribution in [0, 0.1) is 18.3 Å². The number of rotatable bonds is 3. The van der Waals surface area contributed by atoms with Crippen molar-refractivity contribution >= 4 is 11.7 Å². The molecule has 0 saturated carbocycles. The van der Waals surface area contributed by atoms with Crippen molar-refractivity contribution in [3.63, 3.8) is 0 Å². The third-order valence-electron chi connectivity index (χ3n) is 5.70. The maximum absolute atomic E-state index is 13.5. The minimum atomic E-state index is -0.856. The fourth-order valence-electron chi connectivity index (χ4n) is 4.22. The second-order valence-electron chi connectivity index (χ2n) is 8.57. The molecule has 3 heterocycles. The highest BCUT2D eigenvalue weighted by Crippen LogP contribution is 2.50. The predicted octanol–water partition coefficient (Wildman–Crippen LogP) is 4.60. The van der Waals surface area contributed by atoms with Crippen LogP contribution >= 0.6 is 0 Å². The highest BCUT2D eigenvalue weighted by atomic mass is 16.6. The molecule has 0 radical (unpaired) electrons. The molecule has 1 unspecified atom stereocenters. The van der Waals surface area contributed by atoms with Crippen molar-refractivity contribution in [2.75, 3.05) is 18.5 Å². The third kappa shape index (κ3) is 3.66. The Morgan fingerprint density at radius 3 is 2.81 bits per heavy atom. The number of nitrogens with one attached hydrogen (secondary N) is 1. The van der Waals surface area contributed by atoms with E-state index < -0.39 is 17.5 Å². The van der Waals surface area contributed by atoms with Crippen molar-refractivity contribution in [3.8, 4) is 17.7 Å². The summed E-state index contributed by atoms with van der Waals surface area (Å²) in [6.45, 7) is 10.1. The van der Waals surface area contributed by atoms with Gasteiger partial charge in [0.1, 0.15) is 18.0 Å². The number of anilines is 1. The second-order valence-corrected chi connectivity index (χ2v) is 8.57. The van der Waals surface area contributed by atoms with Crippen LogP contribution in [0.15, 0.2) is 35.7 Å². The Labute approximate surface area is 188 Å². The van der Waals surface area contributed by atoms with E-state index in [-0.39, 0.29) is 6.61 Å². The van der Waals surface area contributed by atoms with E-state index in [0.717, 1.165) is 28.1 Å². The molecule has 7 heteroatoms. The van der Waals surface area contributed by atoms with Gasteiger partial charge in [-0.1, -0.05) is 13.0 Å². The summed E-state index contributed by atoms with van der Waals surface area (Å²) < 4.78 is 17.9. The number of ether oxygens (including phenoxy) is 3. The number of benzene rings is 1. The van der Waals surface area contributed by atoms with Crippen LogP contribution in [0.25, 0.3) is 0 Å². The maximum atomic E-state index is 13.5. The zero-order valence-electron chi connectivity index (χ0n) is 19.0. The SMILES string of the molecule is CCOc1ncc(C)c2c1C1C(=C(CC)N2)C(=O)OC(C)(C)COc2cc(C#N)ccc21. The Morgan fingerprint density at radius 1 is 1.34 bits per heavy atom. The minimum Gasteiger partial charge on any atom is -0.489 e. The first-order valence-electron chi connectivity index (χ1n) is 10.8. The lowest BCUT2D eigenvalue weighted by atomic mass is 9.79. The van der Waals surface area contributed by atoms with Gasteiger partial charge in [0.05, 0.1) is 41.0 Å². The van der Waals surface area contributed by atoms with Crippen LogP contribution in [0.1, 0.15) is 62.3 Å². The maximum Gasteiger partial charge on any atom is 0.337 e. The summed E-state index contributed by atoms with van der Waals surface area (Å²) in [5.41, 5.74) is 4.28. The number of hydrogen-bond donors (Lipinski definition) is 1. The Kier molecular flexibility index (Phi) is 5.55. The molecule has 0 fully saturated rings. The van der Waals surface area contributed by atoms with Crippen molar-refractivity contribution in [2.24, 2.45) is 0 Å². The number of carbonyl (C=O) groups excluding carboxylic acids is 1. The molecule has 0 spiro atoms. The van der Waals surface area contributed by atoms with Gasteiger partial charge < -0.3 is 19.5 Å². The molecule has 1 N–H and O–H groups in total. The Bertz CT molecular complexity index is 1160. The smallest absolute Gasteiger partial charge is 0.337 e. The molecule has 4 rings (SSSR count).